The second kappa shape index (κ2) is 3.29. The first-order valence-corrected chi connectivity index (χ1v) is 3.92. The van der Waals surface area contributed by atoms with Crippen molar-refractivity contribution >= 4 is 11.5 Å². The Bertz CT molecular complexity index is 451. The van der Waals surface area contributed by atoms with Crippen molar-refractivity contribution in [3.05, 3.63) is 42.4 Å². The number of carbonyl (C=O) groups is 1. The van der Waals surface area contributed by atoms with Gasteiger partial charge in [-0.15, -0.1) is 0 Å². The van der Waals surface area contributed by atoms with Gasteiger partial charge < -0.3 is 10.2 Å². The third-order valence-corrected chi connectivity index (χ3v) is 1.73. The quantitative estimate of drug-likeness (QED) is 0.709. The molecule has 2 rings (SSSR count). The van der Waals surface area contributed by atoms with Gasteiger partial charge >= 0.3 is 0 Å². The van der Waals surface area contributed by atoms with Crippen molar-refractivity contribution < 1.29 is 9.21 Å². The number of nitrogen functional groups attached to an aromatic ring is 1. The fraction of sp³-hybridized carbons (Fsp3) is 0. The van der Waals surface area contributed by atoms with E-state index in [0.717, 1.165) is 0 Å². The summed E-state index contributed by atoms with van der Waals surface area (Å²) >= 11 is 0. The molecule has 0 saturated carbocycles. The summed E-state index contributed by atoms with van der Waals surface area (Å²) in [7, 11) is 0. The topological polar surface area (TPSA) is 82.0 Å². The summed E-state index contributed by atoms with van der Waals surface area (Å²) in [5.41, 5.74) is 6.26. The number of anilines is 1. The number of oxazole rings is 1. The number of nitrogens with two attached hydrogens (primary N) is 1. The Morgan fingerprint density at radius 3 is 2.93 bits per heavy atom. The van der Waals surface area contributed by atoms with Crippen molar-refractivity contribution in [3.8, 4) is 0 Å². The molecule has 0 aliphatic rings. The zero-order chi connectivity index (χ0) is 9.97. The molecule has 70 valence electrons. The van der Waals surface area contributed by atoms with Gasteiger partial charge in [0.05, 0.1) is 11.8 Å². The highest BCUT2D eigenvalue weighted by molar-refractivity contribution is 6.08. The number of aromatic nitrogens is 2. The highest BCUT2D eigenvalue weighted by atomic mass is 16.3. The minimum Gasteiger partial charge on any atom is -0.442 e. The Morgan fingerprint density at radius 1 is 1.43 bits per heavy atom. The summed E-state index contributed by atoms with van der Waals surface area (Å²) in [4.78, 5) is 19.2. The Kier molecular flexibility index (Phi) is 1.98. The Labute approximate surface area is 79.6 Å². The van der Waals surface area contributed by atoms with E-state index in [-0.39, 0.29) is 11.7 Å². The molecule has 0 amide bonds. The van der Waals surface area contributed by atoms with Crippen molar-refractivity contribution in [1.29, 1.82) is 0 Å². The zero-order valence-electron chi connectivity index (χ0n) is 7.18. The highest BCUT2D eigenvalue weighted by Gasteiger charge is 2.15. The SMILES string of the molecule is Nc1ccncc1C(=O)c1ncco1. The van der Waals surface area contributed by atoms with Crippen LogP contribution in [-0.2, 0) is 0 Å². The fourth-order valence-electron chi connectivity index (χ4n) is 1.05. The summed E-state index contributed by atoms with van der Waals surface area (Å²) in [5, 5.41) is 0. The van der Waals surface area contributed by atoms with Gasteiger partial charge in [0, 0.05) is 18.1 Å². The van der Waals surface area contributed by atoms with Crippen LogP contribution in [0.25, 0.3) is 0 Å². The molecule has 5 nitrogen and oxygen atoms in total. The highest BCUT2D eigenvalue weighted by Crippen LogP contribution is 2.13. The number of pyridine rings is 1. The average molecular weight is 189 g/mol. The first-order valence-electron chi connectivity index (χ1n) is 3.92. The number of rotatable bonds is 2. The van der Waals surface area contributed by atoms with Crippen LogP contribution in [0.1, 0.15) is 16.2 Å². The lowest BCUT2D eigenvalue weighted by molar-refractivity contribution is 0.100. The van der Waals surface area contributed by atoms with E-state index in [4.69, 9.17) is 10.2 Å². The molecule has 2 aromatic rings. The van der Waals surface area contributed by atoms with E-state index in [0.29, 0.717) is 11.3 Å². The van der Waals surface area contributed by atoms with Crippen molar-refractivity contribution in [1.82, 2.24) is 9.97 Å². The third-order valence-electron chi connectivity index (χ3n) is 1.73. The lowest BCUT2D eigenvalue weighted by Crippen LogP contribution is -2.05. The molecule has 0 radical (unpaired) electrons. The van der Waals surface area contributed by atoms with Crippen molar-refractivity contribution in [3.63, 3.8) is 0 Å². The van der Waals surface area contributed by atoms with Gasteiger partial charge in [0.1, 0.15) is 6.26 Å². The van der Waals surface area contributed by atoms with Crippen LogP contribution in [0.3, 0.4) is 0 Å². The molecule has 14 heavy (non-hydrogen) atoms. The molecule has 0 atom stereocenters. The van der Waals surface area contributed by atoms with Crippen molar-refractivity contribution in [2.24, 2.45) is 0 Å². The van der Waals surface area contributed by atoms with E-state index < -0.39 is 0 Å². The molecule has 0 fully saturated rings. The molecule has 0 aromatic carbocycles. The summed E-state index contributed by atoms with van der Waals surface area (Å²) in [5.74, 6) is -0.342. The van der Waals surface area contributed by atoms with E-state index in [9.17, 15) is 4.79 Å². The molecule has 2 N–H and O–H groups in total. The molecule has 2 aromatic heterocycles. The third kappa shape index (κ3) is 1.35. The van der Waals surface area contributed by atoms with Crippen molar-refractivity contribution in [2.45, 2.75) is 0 Å². The molecule has 0 saturated heterocycles. The number of ketones is 1. The first kappa shape index (κ1) is 8.43. The fourth-order valence-corrected chi connectivity index (χ4v) is 1.05. The van der Waals surface area contributed by atoms with Gasteiger partial charge in [-0.3, -0.25) is 9.78 Å². The predicted molar refractivity (Wildman–Crippen MR) is 48.6 cm³/mol. The second-order valence-corrected chi connectivity index (χ2v) is 2.63. The van der Waals surface area contributed by atoms with Gasteiger partial charge in [-0.05, 0) is 6.07 Å². The smallest absolute Gasteiger partial charge is 0.268 e. The first-order chi connectivity index (χ1) is 6.79. The van der Waals surface area contributed by atoms with E-state index in [1.807, 2.05) is 0 Å². The molecule has 0 unspecified atom stereocenters. The van der Waals surface area contributed by atoms with Crippen LogP contribution in [0.15, 0.2) is 35.3 Å². The van der Waals surface area contributed by atoms with Crippen LogP contribution in [0.2, 0.25) is 0 Å². The average Bonchev–Trinajstić information content (AvgIpc) is 2.70. The maximum atomic E-state index is 11.7. The van der Waals surface area contributed by atoms with E-state index >= 15 is 0 Å². The van der Waals surface area contributed by atoms with Crippen LogP contribution in [0.5, 0.6) is 0 Å². The van der Waals surface area contributed by atoms with Crippen LogP contribution in [-0.4, -0.2) is 15.8 Å². The lowest BCUT2D eigenvalue weighted by atomic mass is 10.1. The van der Waals surface area contributed by atoms with Crippen LogP contribution in [0, 0.1) is 0 Å². The van der Waals surface area contributed by atoms with Gasteiger partial charge in [-0.2, -0.15) is 0 Å². The summed E-state index contributed by atoms with van der Waals surface area (Å²) in [6.45, 7) is 0. The normalized spacial score (nSPS) is 10.0. The largest absolute Gasteiger partial charge is 0.442 e. The minimum absolute atomic E-state index is 0.0182. The molecule has 0 spiro atoms. The predicted octanol–water partition coefficient (Wildman–Crippen LogP) is 0.883. The van der Waals surface area contributed by atoms with Crippen molar-refractivity contribution in [2.75, 3.05) is 5.73 Å². The Hall–Kier alpha value is -2.17. The monoisotopic (exact) mass is 189 g/mol. The summed E-state index contributed by atoms with van der Waals surface area (Å²) < 4.78 is 4.86. The van der Waals surface area contributed by atoms with Gasteiger partial charge in [0.15, 0.2) is 0 Å². The second-order valence-electron chi connectivity index (χ2n) is 2.63. The van der Waals surface area contributed by atoms with Gasteiger partial charge in [0.2, 0.25) is 0 Å². The minimum atomic E-state index is -0.361. The van der Waals surface area contributed by atoms with E-state index in [1.54, 1.807) is 6.07 Å². The molecular weight excluding hydrogens is 182 g/mol. The zero-order valence-corrected chi connectivity index (χ0v) is 7.18. The standard InChI is InChI=1S/C9H7N3O2/c10-7-1-2-11-5-6(7)8(13)9-12-3-4-14-9/h1-5H,(H2,10,11). The molecule has 2 heterocycles. The molecule has 0 aliphatic heterocycles. The summed E-state index contributed by atoms with van der Waals surface area (Å²) in [6.07, 6.45) is 5.64. The number of nitrogens with zero attached hydrogens (tertiary/aromatic N) is 2. The van der Waals surface area contributed by atoms with Gasteiger partial charge in [0.25, 0.3) is 11.7 Å². The molecule has 0 bridgehead atoms. The van der Waals surface area contributed by atoms with E-state index in [1.165, 1.54) is 24.9 Å². The summed E-state index contributed by atoms with van der Waals surface area (Å²) in [6, 6.07) is 1.55. The van der Waals surface area contributed by atoms with Crippen LogP contribution < -0.4 is 5.73 Å². The maximum Gasteiger partial charge on any atom is 0.268 e. The lowest BCUT2D eigenvalue weighted by Gasteiger charge is -1.99. The van der Waals surface area contributed by atoms with E-state index in [2.05, 4.69) is 9.97 Å². The number of carbonyl (C=O) groups excluding carboxylic acids is 1. The number of hydrogen-bond acceptors (Lipinski definition) is 5. The van der Waals surface area contributed by atoms with Gasteiger partial charge in [-0.25, -0.2) is 4.98 Å². The Balaban J connectivity index is 2.42. The molecule has 5 heteroatoms. The maximum absolute atomic E-state index is 11.7. The number of hydrogen-bond donors (Lipinski definition) is 1. The van der Waals surface area contributed by atoms with Crippen LogP contribution >= 0.6 is 0 Å². The molecular formula is C9H7N3O2. The Morgan fingerprint density at radius 2 is 2.29 bits per heavy atom. The molecule has 0 aliphatic carbocycles. The van der Waals surface area contributed by atoms with Gasteiger partial charge in [-0.1, -0.05) is 0 Å². The van der Waals surface area contributed by atoms with Crippen LogP contribution in [0.4, 0.5) is 5.69 Å².